The summed E-state index contributed by atoms with van der Waals surface area (Å²) in [7, 11) is 1.37. The van der Waals surface area contributed by atoms with Gasteiger partial charge < -0.3 is 14.9 Å². The molecule has 0 radical (unpaired) electrons. The number of carbonyl (C=O) groups is 2. The fraction of sp³-hybridized carbons (Fsp3) is 0.846. The van der Waals surface area contributed by atoms with E-state index in [1.54, 1.807) is 0 Å². The molecular formula is C26H46O5S. The summed E-state index contributed by atoms with van der Waals surface area (Å²) in [5.74, 6) is -0.937. The summed E-state index contributed by atoms with van der Waals surface area (Å²) in [6, 6.07) is 0. The van der Waals surface area contributed by atoms with Crippen molar-refractivity contribution in [3.05, 3.63) is 11.6 Å². The molecule has 1 rings (SSSR count). The highest BCUT2D eigenvalue weighted by Crippen LogP contribution is 2.39. The fourth-order valence-corrected chi connectivity index (χ4v) is 5.77. The zero-order valence-electron chi connectivity index (χ0n) is 20.4. The molecule has 3 atom stereocenters. The van der Waals surface area contributed by atoms with Crippen molar-refractivity contribution in [2.75, 3.05) is 12.9 Å². The number of carbonyl (C=O) groups excluding carboxylic acids is 1. The summed E-state index contributed by atoms with van der Waals surface area (Å²) >= 11 is 1.43. The quantitative estimate of drug-likeness (QED) is 0.135. The van der Waals surface area contributed by atoms with E-state index in [9.17, 15) is 14.7 Å². The van der Waals surface area contributed by atoms with Gasteiger partial charge in [-0.1, -0.05) is 82.8 Å². The fourth-order valence-electron chi connectivity index (χ4n) is 4.49. The Kier molecular flexibility index (Phi) is 16.7. The van der Waals surface area contributed by atoms with E-state index in [0.717, 1.165) is 25.7 Å². The maximum Gasteiger partial charge on any atom is 0.315 e. The van der Waals surface area contributed by atoms with Gasteiger partial charge in [0, 0.05) is 6.42 Å². The predicted molar refractivity (Wildman–Crippen MR) is 133 cm³/mol. The van der Waals surface area contributed by atoms with Gasteiger partial charge in [-0.05, 0) is 38.0 Å². The summed E-state index contributed by atoms with van der Waals surface area (Å²) in [5.41, 5.74) is 1.21. The number of thioether (sulfide) groups is 1. The molecule has 2 N–H and O–H groups in total. The monoisotopic (exact) mass is 470 g/mol. The summed E-state index contributed by atoms with van der Waals surface area (Å²) in [5, 5.41) is 19.7. The molecule has 32 heavy (non-hydrogen) atoms. The Morgan fingerprint density at radius 1 is 1.03 bits per heavy atom. The SMILES string of the molecule is CCCCCCCCCCCCC/C=C1\CC[C@@H](CCC(=O)O)[C@@H](O)[C@@H]1SCC(=O)OC. The van der Waals surface area contributed by atoms with Crippen LogP contribution in [0.5, 0.6) is 0 Å². The van der Waals surface area contributed by atoms with E-state index in [-0.39, 0.29) is 29.3 Å². The van der Waals surface area contributed by atoms with E-state index < -0.39 is 12.1 Å². The van der Waals surface area contributed by atoms with Crippen molar-refractivity contribution in [1.29, 1.82) is 0 Å². The molecule has 186 valence electrons. The van der Waals surface area contributed by atoms with Crippen LogP contribution in [0.4, 0.5) is 0 Å². The number of aliphatic hydroxyl groups is 1. The summed E-state index contributed by atoms with van der Waals surface area (Å²) in [4.78, 5) is 22.5. The van der Waals surface area contributed by atoms with E-state index in [1.165, 1.54) is 88.7 Å². The Bertz CT molecular complexity index is 548. The molecule has 1 aliphatic carbocycles. The highest BCUT2D eigenvalue weighted by atomic mass is 32.2. The van der Waals surface area contributed by atoms with Gasteiger partial charge in [-0.15, -0.1) is 11.8 Å². The average Bonchev–Trinajstić information content (AvgIpc) is 2.78. The third-order valence-corrected chi connectivity index (χ3v) is 7.86. The van der Waals surface area contributed by atoms with Gasteiger partial charge in [-0.25, -0.2) is 0 Å². The predicted octanol–water partition coefficient (Wildman–Crippen LogP) is 6.52. The second kappa shape index (κ2) is 18.4. The van der Waals surface area contributed by atoms with E-state index in [4.69, 9.17) is 9.84 Å². The molecule has 0 saturated heterocycles. The van der Waals surface area contributed by atoms with Crippen LogP contribution < -0.4 is 0 Å². The van der Waals surface area contributed by atoms with Crippen molar-refractivity contribution >= 4 is 23.7 Å². The van der Waals surface area contributed by atoms with Crippen molar-refractivity contribution in [2.45, 2.75) is 121 Å². The highest BCUT2D eigenvalue weighted by molar-refractivity contribution is 8.00. The number of rotatable bonds is 18. The van der Waals surface area contributed by atoms with Gasteiger partial charge in [-0.2, -0.15) is 0 Å². The van der Waals surface area contributed by atoms with Crippen LogP contribution in [0.2, 0.25) is 0 Å². The molecule has 6 heteroatoms. The van der Waals surface area contributed by atoms with Crippen LogP contribution in [0.25, 0.3) is 0 Å². The van der Waals surface area contributed by atoms with Crippen molar-refractivity contribution in [3.63, 3.8) is 0 Å². The van der Waals surface area contributed by atoms with Gasteiger partial charge in [0.25, 0.3) is 0 Å². The summed E-state index contributed by atoms with van der Waals surface area (Å²) in [6.45, 7) is 2.26. The zero-order valence-corrected chi connectivity index (χ0v) is 21.2. The lowest BCUT2D eigenvalue weighted by molar-refractivity contribution is -0.138. The van der Waals surface area contributed by atoms with Gasteiger partial charge in [0.1, 0.15) is 0 Å². The van der Waals surface area contributed by atoms with Crippen molar-refractivity contribution in [2.24, 2.45) is 5.92 Å². The molecule has 0 aromatic carbocycles. The smallest absolute Gasteiger partial charge is 0.315 e. The van der Waals surface area contributed by atoms with Crippen LogP contribution in [0.1, 0.15) is 110 Å². The highest BCUT2D eigenvalue weighted by Gasteiger charge is 2.35. The number of unbranched alkanes of at least 4 members (excludes halogenated alkanes) is 11. The van der Waals surface area contributed by atoms with Gasteiger partial charge >= 0.3 is 11.9 Å². The van der Waals surface area contributed by atoms with Gasteiger partial charge in [0.2, 0.25) is 0 Å². The molecular weight excluding hydrogens is 424 g/mol. The van der Waals surface area contributed by atoms with E-state index in [1.807, 2.05) is 0 Å². The summed E-state index contributed by atoms with van der Waals surface area (Å²) in [6.07, 6.45) is 19.5. The van der Waals surface area contributed by atoms with E-state index in [0.29, 0.717) is 6.42 Å². The molecule has 1 aliphatic rings. The molecule has 0 spiro atoms. The Hall–Kier alpha value is -1.01. The van der Waals surface area contributed by atoms with Gasteiger partial charge in [-0.3, -0.25) is 9.59 Å². The number of hydrogen-bond acceptors (Lipinski definition) is 5. The molecule has 0 heterocycles. The maximum absolute atomic E-state index is 11.6. The standard InChI is InChI=1S/C26H46O5S/c1-3-4-5-6-7-8-9-10-11-12-13-14-15-22-17-16-21(18-19-23(27)28)25(30)26(22)32-20-24(29)31-2/h15,21,25-26,30H,3-14,16-20H2,1-2H3,(H,27,28)/b22-15+/t21-,25+,26+/m0/s1. The molecule has 0 amide bonds. The lowest BCUT2D eigenvalue weighted by atomic mass is 9.80. The molecule has 0 aliphatic heterocycles. The zero-order chi connectivity index (χ0) is 23.6. The third-order valence-electron chi connectivity index (χ3n) is 6.51. The molecule has 0 bridgehead atoms. The molecule has 0 aromatic rings. The van der Waals surface area contributed by atoms with Crippen LogP contribution in [0, 0.1) is 5.92 Å². The number of esters is 1. The Morgan fingerprint density at radius 2 is 1.62 bits per heavy atom. The van der Waals surface area contributed by atoms with E-state index >= 15 is 0 Å². The maximum atomic E-state index is 11.6. The van der Waals surface area contributed by atoms with Crippen LogP contribution >= 0.6 is 11.8 Å². The normalized spacial score (nSPS) is 22.2. The average molecular weight is 471 g/mol. The first-order chi connectivity index (χ1) is 15.5. The number of allylic oxidation sites excluding steroid dienone is 1. The van der Waals surface area contributed by atoms with Crippen LogP contribution in [0.3, 0.4) is 0 Å². The summed E-state index contributed by atoms with van der Waals surface area (Å²) < 4.78 is 4.76. The number of ether oxygens (including phenoxy) is 1. The van der Waals surface area contributed by atoms with Crippen LogP contribution in [0.15, 0.2) is 11.6 Å². The number of methoxy groups -OCH3 is 1. The number of aliphatic carboxylic acids is 1. The molecule has 5 nitrogen and oxygen atoms in total. The molecule has 0 unspecified atom stereocenters. The minimum Gasteiger partial charge on any atom is -0.481 e. The largest absolute Gasteiger partial charge is 0.481 e. The first-order valence-electron chi connectivity index (χ1n) is 12.8. The van der Waals surface area contributed by atoms with Gasteiger partial charge in [0.15, 0.2) is 0 Å². The first-order valence-corrected chi connectivity index (χ1v) is 13.8. The first kappa shape index (κ1) is 29.0. The van der Waals surface area contributed by atoms with Crippen LogP contribution in [-0.4, -0.2) is 46.4 Å². The van der Waals surface area contributed by atoms with Crippen molar-refractivity contribution < 1.29 is 24.5 Å². The minimum atomic E-state index is -0.825. The third kappa shape index (κ3) is 12.9. The van der Waals surface area contributed by atoms with E-state index in [2.05, 4.69) is 13.0 Å². The van der Waals surface area contributed by atoms with Crippen molar-refractivity contribution in [3.8, 4) is 0 Å². The van der Waals surface area contributed by atoms with Gasteiger partial charge in [0.05, 0.1) is 24.2 Å². The number of carboxylic acids is 1. The topological polar surface area (TPSA) is 83.8 Å². The Labute approximate surface area is 199 Å². The molecule has 1 fully saturated rings. The molecule has 1 saturated carbocycles. The second-order valence-corrected chi connectivity index (χ2v) is 10.3. The number of aliphatic hydroxyl groups excluding tert-OH is 1. The lowest BCUT2D eigenvalue weighted by Gasteiger charge is -2.36. The molecule has 0 aromatic heterocycles. The lowest BCUT2D eigenvalue weighted by Crippen LogP contribution is -2.38. The second-order valence-electron chi connectivity index (χ2n) is 9.13. The minimum absolute atomic E-state index is 0.0274. The number of hydrogen-bond donors (Lipinski definition) is 2. The Morgan fingerprint density at radius 3 is 2.19 bits per heavy atom. The van der Waals surface area contributed by atoms with Crippen LogP contribution in [-0.2, 0) is 14.3 Å². The van der Waals surface area contributed by atoms with Crippen molar-refractivity contribution in [1.82, 2.24) is 0 Å². The Balaban J connectivity index is 2.36. The number of carboxylic acid groups (broad SMARTS) is 1.